The summed E-state index contributed by atoms with van der Waals surface area (Å²) in [6, 6.07) is 0. The van der Waals surface area contributed by atoms with Crippen molar-refractivity contribution in [1.82, 2.24) is 20.2 Å². The number of fused-ring (bicyclic) bond motifs is 3. The molecule has 3 fully saturated rings. The molecule has 3 aliphatic carbocycles. The Morgan fingerprint density at radius 3 is 2.55 bits per heavy atom. The van der Waals surface area contributed by atoms with Crippen LogP contribution in [-0.2, 0) is 11.3 Å². The minimum absolute atomic E-state index is 0.121. The van der Waals surface area contributed by atoms with Crippen molar-refractivity contribution < 1.29 is 9.90 Å². The largest absolute Gasteiger partial charge is 0.396 e. The number of hydrogen-bond acceptors (Lipinski definition) is 5. The quantitative estimate of drug-likeness (QED) is 0.748. The van der Waals surface area contributed by atoms with Gasteiger partial charge in [-0.25, -0.2) is 4.68 Å². The van der Waals surface area contributed by atoms with E-state index in [1.807, 2.05) is 0 Å². The molecule has 0 bridgehead atoms. The van der Waals surface area contributed by atoms with Crippen LogP contribution in [0.15, 0.2) is 6.33 Å². The number of nitrogens with zero attached hydrogens (tertiary/aromatic N) is 4. The second kappa shape index (κ2) is 8.09. The zero-order valence-electron chi connectivity index (χ0n) is 18.4. The summed E-state index contributed by atoms with van der Waals surface area (Å²) in [7, 11) is 0. The molecule has 1 N–H and O–H groups in total. The van der Waals surface area contributed by atoms with Gasteiger partial charge in [0.25, 0.3) is 0 Å². The molecule has 0 aromatic carbocycles. The Morgan fingerprint density at radius 1 is 1.14 bits per heavy atom. The van der Waals surface area contributed by atoms with E-state index in [0.29, 0.717) is 30.3 Å². The van der Waals surface area contributed by atoms with E-state index in [1.165, 1.54) is 32.1 Å². The Kier molecular flexibility index (Phi) is 5.84. The molecule has 0 amide bonds. The Balaban J connectivity index is 1.55. The molecule has 6 nitrogen and oxygen atoms in total. The summed E-state index contributed by atoms with van der Waals surface area (Å²) in [5.74, 6) is 3.34. The van der Waals surface area contributed by atoms with Crippen molar-refractivity contribution in [3.8, 4) is 0 Å². The number of carbonyl (C=O) groups is 1. The lowest BCUT2D eigenvalue weighted by Gasteiger charge is -2.60. The summed E-state index contributed by atoms with van der Waals surface area (Å²) < 4.78 is 1.57. The van der Waals surface area contributed by atoms with E-state index in [2.05, 4.69) is 36.3 Å². The number of Topliss-reactive ketones (excluding diaryl/α,β-unsaturated/α-hetero) is 1. The van der Waals surface area contributed by atoms with Crippen molar-refractivity contribution in [1.29, 1.82) is 0 Å². The van der Waals surface area contributed by atoms with Gasteiger partial charge in [0.05, 0.1) is 0 Å². The minimum atomic E-state index is 0.121. The fourth-order valence-electron chi connectivity index (χ4n) is 8.01. The standard InChI is InChI=1S/C23H38N4O2/c1-4-16-7-8-18-19-9-10-20(21(29)14-27-15-24-25-26-27)23(19,3)12-11-22(18,2)17(16)6-5-13-28/h15-20,28H,4-14H2,1-3H3/t16-,17-,18-,19-,20+,22+,23-/m0/s1. The first-order valence-electron chi connectivity index (χ1n) is 11.8. The van der Waals surface area contributed by atoms with E-state index in [4.69, 9.17) is 0 Å². The third-order valence-corrected chi connectivity index (χ3v) is 9.50. The Morgan fingerprint density at radius 2 is 1.86 bits per heavy atom. The van der Waals surface area contributed by atoms with Gasteiger partial charge < -0.3 is 5.11 Å². The van der Waals surface area contributed by atoms with Crippen LogP contribution in [0, 0.1) is 40.4 Å². The predicted molar refractivity (Wildman–Crippen MR) is 111 cm³/mol. The highest BCUT2D eigenvalue weighted by Gasteiger charge is 2.61. The fourth-order valence-corrected chi connectivity index (χ4v) is 8.01. The summed E-state index contributed by atoms with van der Waals surface area (Å²) >= 11 is 0. The summed E-state index contributed by atoms with van der Waals surface area (Å²) in [4.78, 5) is 13.2. The predicted octanol–water partition coefficient (Wildman–Crippen LogP) is 3.90. The van der Waals surface area contributed by atoms with Crippen molar-refractivity contribution in [3.63, 3.8) is 0 Å². The average molecular weight is 403 g/mol. The van der Waals surface area contributed by atoms with Gasteiger partial charge in [0, 0.05) is 12.5 Å². The molecule has 7 atom stereocenters. The van der Waals surface area contributed by atoms with Gasteiger partial charge in [-0.05, 0) is 96.3 Å². The molecule has 1 heterocycles. The maximum Gasteiger partial charge on any atom is 0.158 e. The van der Waals surface area contributed by atoms with Crippen LogP contribution in [0.5, 0.6) is 0 Å². The number of aliphatic hydroxyl groups is 1. The molecule has 0 radical (unpaired) electrons. The number of tetrazole rings is 1. The van der Waals surface area contributed by atoms with Gasteiger partial charge in [-0.2, -0.15) is 0 Å². The molecule has 6 heteroatoms. The minimum Gasteiger partial charge on any atom is -0.396 e. The van der Waals surface area contributed by atoms with Gasteiger partial charge in [0.2, 0.25) is 0 Å². The Bertz CT molecular complexity index is 708. The number of hydrogen-bond donors (Lipinski definition) is 1. The van der Waals surface area contributed by atoms with Crippen LogP contribution in [0.2, 0.25) is 0 Å². The van der Waals surface area contributed by atoms with Gasteiger partial charge >= 0.3 is 0 Å². The van der Waals surface area contributed by atoms with E-state index < -0.39 is 0 Å². The molecule has 0 unspecified atom stereocenters. The molecule has 29 heavy (non-hydrogen) atoms. The van der Waals surface area contributed by atoms with E-state index >= 15 is 0 Å². The maximum absolute atomic E-state index is 13.2. The van der Waals surface area contributed by atoms with E-state index in [0.717, 1.165) is 43.4 Å². The topological polar surface area (TPSA) is 80.9 Å². The van der Waals surface area contributed by atoms with E-state index in [1.54, 1.807) is 11.0 Å². The van der Waals surface area contributed by atoms with Gasteiger partial charge in [-0.15, -0.1) is 5.10 Å². The first-order valence-corrected chi connectivity index (χ1v) is 11.8. The van der Waals surface area contributed by atoms with Gasteiger partial charge in [-0.1, -0.05) is 27.2 Å². The summed E-state index contributed by atoms with van der Waals surface area (Å²) in [6.07, 6.45) is 12.1. The monoisotopic (exact) mass is 402 g/mol. The number of aliphatic hydroxyl groups excluding tert-OH is 1. The lowest BCUT2D eigenvalue weighted by Crippen LogP contribution is -2.54. The molecule has 162 valence electrons. The molecular formula is C23H38N4O2. The molecule has 3 saturated carbocycles. The third-order valence-electron chi connectivity index (χ3n) is 9.50. The molecule has 3 aliphatic rings. The van der Waals surface area contributed by atoms with Gasteiger partial charge in [0.1, 0.15) is 12.9 Å². The van der Waals surface area contributed by atoms with Crippen LogP contribution in [-0.4, -0.2) is 37.7 Å². The van der Waals surface area contributed by atoms with Crippen LogP contribution in [0.3, 0.4) is 0 Å². The normalized spacial score (nSPS) is 41.7. The number of ketones is 1. The Hall–Kier alpha value is -1.30. The highest BCUT2D eigenvalue weighted by atomic mass is 16.2. The van der Waals surface area contributed by atoms with Crippen molar-refractivity contribution in [2.45, 2.75) is 85.1 Å². The Labute approximate surface area is 174 Å². The van der Waals surface area contributed by atoms with Crippen LogP contribution in [0.25, 0.3) is 0 Å². The first-order chi connectivity index (χ1) is 13.9. The molecule has 0 spiro atoms. The van der Waals surface area contributed by atoms with E-state index in [9.17, 15) is 9.90 Å². The van der Waals surface area contributed by atoms with Crippen molar-refractivity contribution in [3.05, 3.63) is 6.33 Å². The maximum atomic E-state index is 13.2. The van der Waals surface area contributed by atoms with Crippen molar-refractivity contribution >= 4 is 5.78 Å². The SMILES string of the molecule is CC[C@H]1CC[C@H]2[C@@H]3CC[C@H](C(=O)Cn4cnnn4)[C@@]3(C)CC[C@]2(C)[C@H]1CCCO. The van der Waals surface area contributed by atoms with Crippen LogP contribution in [0.4, 0.5) is 0 Å². The second-order valence-electron chi connectivity index (χ2n) is 10.5. The zero-order valence-corrected chi connectivity index (χ0v) is 18.4. The molecule has 0 aliphatic heterocycles. The fraction of sp³-hybridized carbons (Fsp3) is 0.913. The smallest absolute Gasteiger partial charge is 0.158 e. The van der Waals surface area contributed by atoms with Crippen LogP contribution >= 0.6 is 0 Å². The van der Waals surface area contributed by atoms with Crippen molar-refractivity contribution in [2.75, 3.05) is 6.61 Å². The second-order valence-corrected chi connectivity index (χ2v) is 10.5. The molecule has 0 saturated heterocycles. The number of carbonyl (C=O) groups excluding carboxylic acids is 1. The summed E-state index contributed by atoms with van der Waals surface area (Å²) in [5.41, 5.74) is 0.488. The van der Waals surface area contributed by atoms with E-state index in [-0.39, 0.29) is 11.3 Å². The molecule has 1 aromatic heterocycles. The molecular weight excluding hydrogens is 364 g/mol. The summed E-state index contributed by atoms with van der Waals surface area (Å²) in [5, 5.41) is 20.7. The summed E-state index contributed by atoms with van der Waals surface area (Å²) in [6.45, 7) is 7.91. The van der Waals surface area contributed by atoms with Crippen molar-refractivity contribution in [2.24, 2.45) is 40.4 Å². The van der Waals surface area contributed by atoms with Gasteiger partial charge in [0.15, 0.2) is 5.78 Å². The number of rotatable bonds is 7. The number of aromatic nitrogens is 4. The molecule has 4 rings (SSSR count). The highest BCUT2D eigenvalue weighted by molar-refractivity contribution is 5.82. The zero-order chi connectivity index (χ0) is 20.6. The molecule has 1 aromatic rings. The average Bonchev–Trinajstić information content (AvgIpc) is 3.33. The third kappa shape index (κ3) is 3.45. The van der Waals surface area contributed by atoms with Gasteiger partial charge in [-0.3, -0.25) is 4.79 Å². The highest BCUT2D eigenvalue weighted by Crippen LogP contribution is 2.68. The first kappa shape index (κ1) is 21.0. The lowest BCUT2D eigenvalue weighted by molar-refractivity contribution is -0.139. The van der Waals surface area contributed by atoms with Crippen LogP contribution < -0.4 is 0 Å². The lowest BCUT2D eigenvalue weighted by atomic mass is 9.44. The van der Waals surface area contributed by atoms with Crippen LogP contribution in [0.1, 0.15) is 78.6 Å².